The van der Waals surface area contributed by atoms with Crippen LogP contribution in [0.3, 0.4) is 0 Å². The first-order valence-electron chi connectivity index (χ1n) is 11.5. The molecule has 2 fully saturated rings. The summed E-state index contributed by atoms with van der Waals surface area (Å²) in [6.07, 6.45) is -0.829. The van der Waals surface area contributed by atoms with Crippen LogP contribution in [0.2, 0.25) is 0 Å². The van der Waals surface area contributed by atoms with Crippen molar-refractivity contribution >= 4 is 23.2 Å². The van der Waals surface area contributed by atoms with Crippen LogP contribution in [0.25, 0.3) is 0 Å². The molecule has 0 atom stereocenters. The SMILES string of the molecule is C=C1N(c2ccc(C#N)c(C(F)(F)F)c2)C(=O)C2(CCCCCC2)N1c1ccc(C(=O)NC)c(F)c1. The van der Waals surface area contributed by atoms with Crippen LogP contribution in [-0.2, 0) is 11.0 Å². The minimum atomic E-state index is -4.80. The maximum atomic E-state index is 14.9. The molecule has 10 heteroatoms. The quantitative estimate of drug-likeness (QED) is 0.566. The average Bonchev–Trinajstić information content (AvgIpc) is 2.99. The van der Waals surface area contributed by atoms with Gasteiger partial charge in [0, 0.05) is 12.7 Å². The Labute approximate surface area is 205 Å². The van der Waals surface area contributed by atoms with E-state index in [1.165, 1.54) is 31.3 Å². The highest BCUT2D eigenvalue weighted by atomic mass is 19.4. The number of halogens is 4. The van der Waals surface area contributed by atoms with Gasteiger partial charge in [-0.25, -0.2) is 4.39 Å². The zero-order valence-corrected chi connectivity index (χ0v) is 19.6. The first-order chi connectivity index (χ1) is 17.0. The summed E-state index contributed by atoms with van der Waals surface area (Å²) in [5.74, 6) is -1.79. The number of rotatable bonds is 3. The van der Waals surface area contributed by atoms with E-state index in [1.54, 1.807) is 4.90 Å². The Morgan fingerprint density at radius 3 is 2.28 bits per heavy atom. The molecule has 1 saturated carbocycles. The van der Waals surface area contributed by atoms with E-state index in [1.807, 2.05) is 0 Å². The predicted molar refractivity (Wildman–Crippen MR) is 125 cm³/mol. The van der Waals surface area contributed by atoms with Gasteiger partial charge in [-0.3, -0.25) is 14.5 Å². The van der Waals surface area contributed by atoms with E-state index >= 15 is 0 Å². The van der Waals surface area contributed by atoms with Gasteiger partial charge in [-0.2, -0.15) is 18.4 Å². The minimum Gasteiger partial charge on any atom is -0.355 e. The summed E-state index contributed by atoms with van der Waals surface area (Å²) >= 11 is 0. The van der Waals surface area contributed by atoms with Crippen molar-refractivity contribution in [1.29, 1.82) is 5.26 Å². The Morgan fingerprint density at radius 1 is 1.08 bits per heavy atom. The van der Waals surface area contributed by atoms with Crippen molar-refractivity contribution < 1.29 is 27.2 Å². The molecular formula is C26H24F4N4O2. The fraction of sp³-hybridized carbons (Fsp3) is 0.346. The lowest BCUT2D eigenvalue weighted by Gasteiger charge is -2.36. The van der Waals surface area contributed by atoms with Crippen LogP contribution in [0.4, 0.5) is 28.9 Å². The fourth-order valence-corrected chi connectivity index (χ4v) is 5.15. The highest BCUT2D eigenvalue weighted by molar-refractivity contribution is 6.10. The summed E-state index contributed by atoms with van der Waals surface area (Å²) in [4.78, 5) is 28.6. The van der Waals surface area contributed by atoms with E-state index in [0.717, 1.165) is 35.9 Å². The molecule has 6 nitrogen and oxygen atoms in total. The molecule has 0 unspecified atom stereocenters. The second-order valence-electron chi connectivity index (χ2n) is 8.92. The number of anilines is 2. The van der Waals surface area contributed by atoms with Gasteiger partial charge in [-0.05, 0) is 49.2 Å². The van der Waals surface area contributed by atoms with Crippen molar-refractivity contribution in [2.45, 2.75) is 50.2 Å². The molecule has 1 aliphatic heterocycles. The highest BCUT2D eigenvalue weighted by Gasteiger charge is 2.55. The third-order valence-corrected chi connectivity index (χ3v) is 6.85. The topological polar surface area (TPSA) is 76.4 Å². The predicted octanol–water partition coefficient (Wildman–Crippen LogP) is 5.49. The van der Waals surface area contributed by atoms with Gasteiger partial charge in [0.25, 0.3) is 11.8 Å². The summed E-state index contributed by atoms with van der Waals surface area (Å²) in [5, 5.41) is 11.5. The Morgan fingerprint density at radius 2 is 1.72 bits per heavy atom. The third-order valence-electron chi connectivity index (χ3n) is 6.85. The van der Waals surface area contributed by atoms with E-state index in [4.69, 9.17) is 5.26 Å². The zero-order valence-electron chi connectivity index (χ0n) is 19.6. The van der Waals surface area contributed by atoms with Gasteiger partial charge < -0.3 is 10.2 Å². The number of alkyl halides is 3. The van der Waals surface area contributed by atoms with Gasteiger partial charge in [0.05, 0.1) is 28.4 Å². The molecule has 2 aromatic carbocycles. The number of hydrogen-bond donors (Lipinski definition) is 1. The lowest BCUT2D eigenvalue weighted by atomic mass is 9.87. The lowest BCUT2D eigenvalue weighted by Crippen LogP contribution is -2.49. The van der Waals surface area contributed by atoms with Gasteiger partial charge >= 0.3 is 6.18 Å². The number of benzene rings is 2. The first kappa shape index (κ1) is 25.2. The molecular weight excluding hydrogens is 476 g/mol. The number of nitriles is 1. The molecule has 0 bridgehead atoms. The number of carbonyl (C=O) groups excluding carboxylic acids is 2. The van der Waals surface area contributed by atoms with Crippen LogP contribution < -0.4 is 15.1 Å². The van der Waals surface area contributed by atoms with Crippen LogP contribution in [0.15, 0.2) is 48.8 Å². The van der Waals surface area contributed by atoms with Crippen molar-refractivity contribution in [3.63, 3.8) is 0 Å². The molecule has 0 aromatic heterocycles. The summed E-state index contributed by atoms with van der Waals surface area (Å²) in [7, 11) is 1.38. The monoisotopic (exact) mass is 500 g/mol. The molecule has 2 aliphatic rings. The van der Waals surface area contributed by atoms with Crippen molar-refractivity contribution in [2.24, 2.45) is 0 Å². The molecule has 36 heavy (non-hydrogen) atoms. The molecule has 1 N–H and O–H groups in total. The molecule has 1 saturated heterocycles. The molecule has 2 aromatic rings. The van der Waals surface area contributed by atoms with Gasteiger partial charge in [-0.15, -0.1) is 0 Å². The van der Waals surface area contributed by atoms with Crippen LogP contribution in [0, 0.1) is 17.1 Å². The molecule has 1 aliphatic carbocycles. The van der Waals surface area contributed by atoms with Crippen LogP contribution in [0.5, 0.6) is 0 Å². The maximum Gasteiger partial charge on any atom is 0.417 e. The van der Waals surface area contributed by atoms with Crippen molar-refractivity contribution in [3.8, 4) is 6.07 Å². The van der Waals surface area contributed by atoms with Gasteiger partial charge in [0.15, 0.2) is 0 Å². The van der Waals surface area contributed by atoms with Crippen molar-refractivity contribution in [2.75, 3.05) is 16.8 Å². The van der Waals surface area contributed by atoms with Gasteiger partial charge in [0.2, 0.25) is 0 Å². The Bertz CT molecular complexity index is 1270. The second kappa shape index (κ2) is 9.30. The number of hydrogen-bond acceptors (Lipinski definition) is 4. The number of amides is 2. The summed E-state index contributed by atoms with van der Waals surface area (Å²) in [5.41, 5.74) is -2.86. The van der Waals surface area contributed by atoms with E-state index in [9.17, 15) is 27.2 Å². The zero-order chi connectivity index (χ0) is 26.3. The molecule has 0 radical (unpaired) electrons. The smallest absolute Gasteiger partial charge is 0.355 e. The van der Waals surface area contributed by atoms with Gasteiger partial charge in [0.1, 0.15) is 17.2 Å². The van der Waals surface area contributed by atoms with E-state index < -0.39 is 40.5 Å². The minimum absolute atomic E-state index is 0.0758. The van der Waals surface area contributed by atoms with Crippen LogP contribution in [0.1, 0.15) is 60.0 Å². The molecule has 2 amide bonds. The lowest BCUT2D eigenvalue weighted by molar-refractivity contribution is -0.137. The maximum absolute atomic E-state index is 14.9. The first-order valence-corrected chi connectivity index (χ1v) is 11.5. The molecule has 188 valence electrons. The molecule has 1 heterocycles. The highest BCUT2D eigenvalue weighted by Crippen LogP contribution is 2.48. The molecule has 4 rings (SSSR count). The number of carbonyl (C=O) groups is 2. The van der Waals surface area contributed by atoms with Crippen LogP contribution in [-0.4, -0.2) is 24.4 Å². The second-order valence-corrected chi connectivity index (χ2v) is 8.92. The van der Waals surface area contributed by atoms with E-state index in [-0.39, 0.29) is 22.8 Å². The van der Waals surface area contributed by atoms with Crippen LogP contribution >= 0.6 is 0 Å². The van der Waals surface area contributed by atoms with Gasteiger partial charge in [-0.1, -0.05) is 32.3 Å². The molecule has 1 spiro atoms. The largest absolute Gasteiger partial charge is 0.417 e. The third kappa shape index (κ3) is 4.08. The Balaban J connectivity index is 1.86. The summed E-state index contributed by atoms with van der Waals surface area (Å²) < 4.78 is 55.9. The van der Waals surface area contributed by atoms with Crippen molar-refractivity contribution in [3.05, 3.63) is 71.3 Å². The number of nitrogens with one attached hydrogen (secondary N) is 1. The summed E-state index contributed by atoms with van der Waals surface area (Å²) in [6, 6.07) is 8.55. The Kier molecular flexibility index (Phi) is 6.52. The van der Waals surface area contributed by atoms with Crippen molar-refractivity contribution in [1.82, 2.24) is 5.32 Å². The van der Waals surface area contributed by atoms with E-state index in [0.29, 0.717) is 25.7 Å². The summed E-state index contributed by atoms with van der Waals surface area (Å²) in [6.45, 7) is 4.02. The normalized spacial score (nSPS) is 17.8. The fourth-order valence-electron chi connectivity index (χ4n) is 5.15. The standard InChI is InChI=1S/C26H24F4N4O2/c1-16-33(18-8-7-17(15-31)21(13-18)26(28,29)30)24(36)25(11-5-3-4-6-12-25)34(16)19-9-10-20(22(27)14-19)23(35)32-2/h7-10,13-14H,1,3-6,11-12H2,2H3,(H,32,35). The number of nitrogens with zero attached hydrogens (tertiary/aromatic N) is 3. The van der Waals surface area contributed by atoms with E-state index in [2.05, 4.69) is 11.9 Å². The Hall–Kier alpha value is -3.87. The average molecular weight is 500 g/mol.